The number of Topliss-reactive ketones (excluding diaryl/α,β-unsaturated/α-hetero) is 1. The van der Waals surface area contributed by atoms with E-state index in [1.54, 1.807) is 6.92 Å². The number of phenolic OH excluding ortho intramolecular Hbond substituents is 2. The summed E-state index contributed by atoms with van der Waals surface area (Å²) >= 11 is 0. The SMILES string of the molecule is COc1cccc2c1C(=O)c1c(O)c3c(c(O)c1C2=O)C[C@@](O)(C(=O)CCN1C(=O)CC(C)C1=O)C[C@@H]3O[C@H]1C[C@H]2[C@H](O[C@@H]3[C@@H](OC)OCCN32)[C@H](C)O1. The third kappa shape index (κ3) is 5.57. The van der Waals surface area contributed by atoms with Gasteiger partial charge in [-0.25, -0.2) is 0 Å². The predicted octanol–water partition coefficient (Wildman–Crippen LogP) is 1.50. The number of imide groups is 1. The van der Waals surface area contributed by atoms with Crippen molar-refractivity contribution in [3.63, 3.8) is 0 Å². The number of aliphatic hydroxyl groups is 1. The minimum Gasteiger partial charge on any atom is -0.507 e. The summed E-state index contributed by atoms with van der Waals surface area (Å²) in [4.78, 5) is 70.2. The van der Waals surface area contributed by atoms with Gasteiger partial charge < -0.3 is 43.7 Å². The molecule has 16 heteroatoms. The van der Waals surface area contributed by atoms with Crippen LogP contribution in [0, 0.1) is 5.92 Å². The molecule has 1 unspecified atom stereocenters. The molecule has 4 heterocycles. The monoisotopic (exact) mass is 750 g/mol. The van der Waals surface area contributed by atoms with Gasteiger partial charge in [0.1, 0.15) is 29.0 Å². The Balaban J connectivity index is 1.17. The van der Waals surface area contributed by atoms with Crippen LogP contribution in [0.4, 0.5) is 0 Å². The molecule has 2 aromatic rings. The molecule has 0 spiro atoms. The first-order valence-corrected chi connectivity index (χ1v) is 18.1. The Hall–Kier alpha value is -4.29. The number of rotatable bonds is 8. The van der Waals surface area contributed by atoms with Gasteiger partial charge in [-0.1, -0.05) is 19.1 Å². The van der Waals surface area contributed by atoms with E-state index in [0.717, 1.165) is 4.90 Å². The Kier molecular flexibility index (Phi) is 9.15. The molecule has 4 fully saturated rings. The Morgan fingerprint density at radius 3 is 2.48 bits per heavy atom. The molecule has 2 aliphatic carbocycles. The van der Waals surface area contributed by atoms with Gasteiger partial charge in [0.15, 0.2) is 30.4 Å². The largest absolute Gasteiger partial charge is 0.507 e. The summed E-state index contributed by atoms with van der Waals surface area (Å²) < 4.78 is 35.8. The van der Waals surface area contributed by atoms with Gasteiger partial charge in [-0.15, -0.1) is 0 Å². The molecule has 6 aliphatic rings. The first-order chi connectivity index (χ1) is 25.8. The summed E-state index contributed by atoms with van der Waals surface area (Å²) in [7, 11) is 2.87. The number of aromatic hydroxyl groups is 2. The van der Waals surface area contributed by atoms with E-state index in [9.17, 15) is 39.3 Å². The van der Waals surface area contributed by atoms with Crippen LogP contribution in [0.15, 0.2) is 18.2 Å². The Morgan fingerprint density at radius 1 is 1.02 bits per heavy atom. The summed E-state index contributed by atoms with van der Waals surface area (Å²) in [6.45, 7) is 4.13. The molecule has 4 saturated heterocycles. The van der Waals surface area contributed by atoms with Crippen molar-refractivity contribution in [1.29, 1.82) is 0 Å². The zero-order valence-electron chi connectivity index (χ0n) is 30.2. The van der Waals surface area contributed by atoms with Gasteiger partial charge in [-0.05, 0) is 13.0 Å². The fourth-order valence-corrected chi connectivity index (χ4v) is 9.07. The van der Waals surface area contributed by atoms with Crippen LogP contribution in [0.1, 0.15) is 88.6 Å². The maximum Gasteiger partial charge on any atom is 0.232 e. The quantitative estimate of drug-likeness (QED) is 0.220. The Labute approximate surface area is 309 Å². The average Bonchev–Trinajstić information content (AvgIpc) is 3.65. The molecule has 16 nitrogen and oxygen atoms in total. The van der Waals surface area contributed by atoms with Crippen LogP contribution in [-0.4, -0.2) is 131 Å². The van der Waals surface area contributed by atoms with Gasteiger partial charge >= 0.3 is 0 Å². The lowest BCUT2D eigenvalue weighted by atomic mass is 9.71. The molecule has 0 bridgehead atoms. The van der Waals surface area contributed by atoms with Gasteiger partial charge in [-0.3, -0.25) is 33.8 Å². The number of amides is 2. The molecule has 2 amide bonds. The van der Waals surface area contributed by atoms with Gasteiger partial charge in [-0.2, -0.15) is 0 Å². The van der Waals surface area contributed by atoms with E-state index >= 15 is 0 Å². The zero-order valence-corrected chi connectivity index (χ0v) is 30.2. The zero-order chi connectivity index (χ0) is 38.4. The van der Waals surface area contributed by atoms with Crippen LogP contribution >= 0.6 is 0 Å². The molecular weight excluding hydrogens is 708 g/mol. The Bertz CT molecular complexity index is 1970. The van der Waals surface area contributed by atoms with E-state index in [1.165, 1.54) is 32.4 Å². The normalized spacial score (nSPS) is 33.2. The summed E-state index contributed by atoms with van der Waals surface area (Å²) in [5.74, 6) is -4.88. The second-order valence-electron chi connectivity index (χ2n) is 14.9. The fourth-order valence-electron chi connectivity index (χ4n) is 9.07. The highest BCUT2D eigenvalue weighted by atomic mass is 16.7. The van der Waals surface area contributed by atoms with Crippen molar-refractivity contribution in [1.82, 2.24) is 9.80 Å². The number of benzene rings is 2. The molecule has 3 N–H and O–H groups in total. The van der Waals surface area contributed by atoms with Crippen LogP contribution < -0.4 is 4.74 Å². The van der Waals surface area contributed by atoms with Crippen LogP contribution in [0.3, 0.4) is 0 Å². The molecule has 4 aliphatic heterocycles. The van der Waals surface area contributed by atoms with Crippen molar-refractivity contribution in [2.45, 2.75) is 94.7 Å². The molecular formula is C38H42N2O14. The second kappa shape index (κ2) is 13.5. The molecule has 2 aromatic carbocycles. The van der Waals surface area contributed by atoms with Crippen LogP contribution in [0.25, 0.3) is 0 Å². The Morgan fingerprint density at radius 2 is 1.78 bits per heavy atom. The molecule has 0 radical (unpaired) electrons. The minimum absolute atomic E-state index is 0.0185. The molecule has 288 valence electrons. The highest BCUT2D eigenvalue weighted by Crippen LogP contribution is 2.53. The minimum atomic E-state index is -2.25. The number of carbonyl (C=O) groups is 5. The number of morpholine rings is 1. The third-order valence-electron chi connectivity index (χ3n) is 11.7. The highest BCUT2D eigenvalue weighted by Gasteiger charge is 2.55. The van der Waals surface area contributed by atoms with Gasteiger partial charge in [0.25, 0.3) is 0 Å². The van der Waals surface area contributed by atoms with Crippen LogP contribution in [0.5, 0.6) is 17.2 Å². The summed E-state index contributed by atoms with van der Waals surface area (Å²) in [5.41, 5.74) is -3.56. The number of ketones is 3. The van der Waals surface area contributed by atoms with Gasteiger partial charge in [0.2, 0.25) is 17.6 Å². The van der Waals surface area contributed by atoms with E-state index in [1.807, 2.05) is 6.92 Å². The van der Waals surface area contributed by atoms with Gasteiger partial charge in [0.05, 0.1) is 42.6 Å². The lowest BCUT2D eigenvalue weighted by molar-refractivity contribution is -0.256. The predicted molar refractivity (Wildman–Crippen MR) is 182 cm³/mol. The first kappa shape index (κ1) is 36.7. The average molecular weight is 751 g/mol. The van der Waals surface area contributed by atoms with E-state index in [0.29, 0.717) is 13.2 Å². The standard InChI is InChI=1S/C38H42N2O14/c1-16-12-24(42)40(35(16)47)9-8-23(41)38(48)14-19-27(33(46)29-28(31(19)44)30(43)18-6-5-7-21(49-3)26(18)32(29)45)22(15-38)53-25-13-20-34(17(2)52-25)54-36-37(50-4)51-11-10-39(20)36/h5-7,16-17,20,22,25,34,36-37,44,46,48H,8-15H2,1-4H3/t16?,17-,20-,22-,25-,34+,36+,37-,38-/m0/s1. The van der Waals surface area contributed by atoms with E-state index < -0.39 is 114 Å². The second-order valence-corrected chi connectivity index (χ2v) is 14.9. The summed E-state index contributed by atoms with van der Waals surface area (Å²) in [6, 6.07) is 4.21. The van der Waals surface area contributed by atoms with Crippen molar-refractivity contribution < 1.29 is 67.7 Å². The van der Waals surface area contributed by atoms with Crippen LogP contribution in [-0.2, 0) is 44.5 Å². The number of fused-ring (bicyclic) bond motifs is 6. The van der Waals surface area contributed by atoms with E-state index in [2.05, 4.69) is 4.90 Å². The lowest BCUT2D eigenvalue weighted by Crippen LogP contribution is -2.55. The van der Waals surface area contributed by atoms with Crippen molar-refractivity contribution in [3.05, 3.63) is 51.6 Å². The number of nitrogens with zero attached hydrogens (tertiary/aromatic N) is 2. The number of ether oxygens (including phenoxy) is 6. The molecule has 54 heavy (non-hydrogen) atoms. The molecule has 9 atom stereocenters. The topological polar surface area (TPSA) is 208 Å². The number of likely N-dealkylation sites (tertiary alicyclic amines) is 1. The van der Waals surface area contributed by atoms with Crippen molar-refractivity contribution in [2.75, 3.05) is 33.9 Å². The van der Waals surface area contributed by atoms with Crippen molar-refractivity contribution in [3.8, 4) is 17.2 Å². The number of hydrogen-bond donors (Lipinski definition) is 3. The number of hydrogen-bond acceptors (Lipinski definition) is 15. The highest BCUT2D eigenvalue weighted by molar-refractivity contribution is 6.31. The maximum absolute atomic E-state index is 14.1. The van der Waals surface area contributed by atoms with Crippen molar-refractivity contribution >= 4 is 29.2 Å². The number of carbonyl (C=O) groups excluding carboxylic acids is 5. The van der Waals surface area contributed by atoms with E-state index in [4.69, 9.17) is 28.4 Å². The lowest BCUT2D eigenvalue weighted by Gasteiger charge is -2.43. The smallest absolute Gasteiger partial charge is 0.232 e. The van der Waals surface area contributed by atoms with Gasteiger partial charge in [0, 0.05) is 81.0 Å². The molecule has 8 rings (SSSR count). The molecule has 0 aromatic heterocycles. The third-order valence-corrected chi connectivity index (χ3v) is 11.7. The maximum atomic E-state index is 14.1. The number of methoxy groups -OCH3 is 2. The van der Waals surface area contributed by atoms with Crippen molar-refractivity contribution in [2.24, 2.45) is 5.92 Å². The number of phenols is 2. The fraction of sp³-hybridized carbons (Fsp3) is 0.553. The first-order valence-electron chi connectivity index (χ1n) is 18.1. The molecule has 0 saturated carbocycles. The van der Waals surface area contributed by atoms with E-state index in [-0.39, 0.29) is 59.5 Å². The van der Waals surface area contributed by atoms with Crippen LogP contribution in [0.2, 0.25) is 0 Å². The summed E-state index contributed by atoms with van der Waals surface area (Å²) in [6.07, 6.45) is -5.45. The summed E-state index contributed by atoms with van der Waals surface area (Å²) in [5, 5.41) is 36.0.